The van der Waals surface area contributed by atoms with Gasteiger partial charge >= 0.3 is 0 Å². The first kappa shape index (κ1) is 14.6. The zero-order valence-electron chi connectivity index (χ0n) is 12.0. The maximum absolute atomic E-state index is 5.89. The summed E-state index contributed by atoms with van der Waals surface area (Å²) in [4.78, 5) is 4.62. The zero-order chi connectivity index (χ0) is 14.5. The molecule has 3 rings (SSSR count). The SMILES string of the molecule is CSCCCNCc1ccc(-c2nc3ccccc3s2)o1. The number of para-hydroxylation sites is 1. The summed E-state index contributed by atoms with van der Waals surface area (Å²) in [7, 11) is 0. The van der Waals surface area contributed by atoms with E-state index in [4.69, 9.17) is 4.42 Å². The average Bonchev–Trinajstić information content (AvgIpc) is 3.13. The Morgan fingerprint density at radius 3 is 3.00 bits per heavy atom. The number of rotatable bonds is 7. The van der Waals surface area contributed by atoms with Gasteiger partial charge in [0.25, 0.3) is 0 Å². The van der Waals surface area contributed by atoms with Gasteiger partial charge in [-0.25, -0.2) is 4.98 Å². The van der Waals surface area contributed by atoms with Crippen molar-refractivity contribution in [3.05, 3.63) is 42.2 Å². The fraction of sp³-hybridized carbons (Fsp3) is 0.312. The molecule has 0 spiro atoms. The monoisotopic (exact) mass is 318 g/mol. The van der Waals surface area contributed by atoms with Crippen molar-refractivity contribution in [2.45, 2.75) is 13.0 Å². The van der Waals surface area contributed by atoms with Crippen LogP contribution in [0.3, 0.4) is 0 Å². The largest absolute Gasteiger partial charge is 0.457 e. The number of nitrogens with one attached hydrogen (secondary N) is 1. The molecule has 0 radical (unpaired) electrons. The van der Waals surface area contributed by atoms with Gasteiger partial charge in [0.1, 0.15) is 5.76 Å². The molecule has 0 aliphatic rings. The highest BCUT2D eigenvalue weighted by Crippen LogP contribution is 2.30. The summed E-state index contributed by atoms with van der Waals surface area (Å²) < 4.78 is 7.08. The van der Waals surface area contributed by atoms with Gasteiger partial charge in [-0.2, -0.15) is 11.8 Å². The molecule has 21 heavy (non-hydrogen) atoms. The summed E-state index contributed by atoms with van der Waals surface area (Å²) in [6.45, 7) is 1.80. The molecular weight excluding hydrogens is 300 g/mol. The molecule has 0 saturated carbocycles. The van der Waals surface area contributed by atoms with E-state index < -0.39 is 0 Å². The molecule has 0 atom stereocenters. The van der Waals surface area contributed by atoms with Crippen molar-refractivity contribution >= 4 is 33.3 Å². The van der Waals surface area contributed by atoms with Crippen LogP contribution in [-0.4, -0.2) is 23.5 Å². The lowest BCUT2D eigenvalue weighted by molar-refractivity contribution is 0.494. The number of hydrogen-bond acceptors (Lipinski definition) is 5. The van der Waals surface area contributed by atoms with Gasteiger partial charge in [-0.05, 0) is 49.2 Å². The molecule has 110 valence electrons. The van der Waals surface area contributed by atoms with Gasteiger partial charge in [0.05, 0.1) is 16.8 Å². The van der Waals surface area contributed by atoms with Crippen LogP contribution in [0.4, 0.5) is 0 Å². The van der Waals surface area contributed by atoms with Gasteiger partial charge in [-0.15, -0.1) is 11.3 Å². The summed E-state index contributed by atoms with van der Waals surface area (Å²) in [5, 5.41) is 4.35. The van der Waals surface area contributed by atoms with Crippen LogP contribution in [0.25, 0.3) is 21.0 Å². The number of benzene rings is 1. The Balaban J connectivity index is 1.64. The van der Waals surface area contributed by atoms with E-state index in [1.807, 2.05) is 42.1 Å². The van der Waals surface area contributed by atoms with Crippen LogP contribution in [0, 0.1) is 0 Å². The van der Waals surface area contributed by atoms with Crippen LogP contribution in [0.1, 0.15) is 12.2 Å². The lowest BCUT2D eigenvalue weighted by Gasteiger charge is -2.01. The molecule has 0 aliphatic heterocycles. The van der Waals surface area contributed by atoms with E-state index in [1.165, 1.54) is 16.9 Å². The van der Waals surface area contributed by atoms with Crippen LogP contribution < -0.4 is 5.32 Å². The Kier molecular flexibility index (Phi) is 4.95. The first-order valence-electron chi connectivity index (χ1n) is 7.01. The van der Waals surface area contributed by atoms with E-state index in [1.54, 1.807) is 11.3 Å². The molecule has 1 aromatic carbocycles. The minimum Gasteiger partial charge on any atom is -0.457 e. The molecule has 3 aromatic rings. The van der Waals surface area contributed by atoms with Crippen molar-refractivity contribution < 1.29 is 4.42 Å². The third kappa shape index (κ3) is 3.67. The van der Waals surface area contributed by atoms with Crippen LogP contribution in [0.5, 0.6) is 0 Å². The molecule has 0 fully saturated rings. The fourth-order valence-electron chi connectivity index (χ4n) is 2.12. The maximum atomic E-state index is 5.89. The van der Waals surface area contributed by atoms with Crippen molar-refractivity contribution in [1.82, 2.24) is 10.3 Å². The number of furan rings is 1. The van der Waals surface area contributed by atoms with E-state index in [0.717, 1.165) is 35.1 Å². The minimum atomic E-state index is 0.777. The van der Waals surface area contributed by atoms with Gasteiger partial charge in [0.2, 0.25) is 0 Å². The molecule has 0 amide bonds. The Labute approximate surface area is 132 Å². The van der Waals surface area contributed by atoms with E-state index in [9.17, 15) is 0 Å². The highest BCUT2D eigenvalue weighted by molar-refractivity contribution is 7.98. The summed E-state index contributed by atoms with van der Waals surface area (Å²) in [6, 6.07) is 12.2. The van der Waals surface area contributed by atoms with Crippen molar-refractivity contribution in [2.75, 3.05) is 18.6 Å². The Bertz CT molecular complexity index is 672. The topological polar surface area (TPSA) is 38.1 Å². The van der Waals surface area contributed by atoms with Gasteiger partial charge in [-0.3, -0.25) is 0 Å². The second-order valence-electron chi connectivity index (χ2n) is 4.78. The van der Waals surface area contributed by atoms with Crippen molar-refractivity contribution in [3.63, 3.8) is 0 Å². The summed E-state index contributed by atoms with van der Waals surface area (Å²) in [5.74, 6) is 3.02. The number of fused-ring (bicyclic) bond motifs is 1. The number of hydrogen-bond donors (Lipinski definition) is 1. The highest BCUT2D eigenvalue weighted by atomic mass is 32.2. The molecule has 2 aromatic heterocycles. The Hall–Kier alpha value is -1.30. The van der Waals surface area contributed by atoms with E-state index in [2.05, 4.69) is 22.6 Å². The van der Waals surface area contributed by atoms with Gasteiger partial charge in [0.15, 0.2) is 10.8 Å². The molecule has 0 saturated heterocycles. The smallest absolute Gasteiger partial charge is 0.163 e. The molecule has 0 aliphatic carbocycles. The fourth-order valence-corrected chi connectivity index (χ4v) is 3.48. The van der Waals surface area contributed by atoms with E-state index in [0.29, 0.717) is 0 Å². The number of nitrogens with zero attached hydrogens (tertiary/aromatic N) is 1. The van der Waals surface area contributed by atoms with Crippen LogP contribution >= 0.6 is 23.1 Å². The predicted octanol–water partition coefficient (Wildman–Crippen LogP) is 4.40. The highest BCUT2D eigenvalue weighted by Gasteiger charge is 2.10. The Morgan fingerprint density at radius 1 is 1.24 bits per heavy atom. The molecule has 0 bridgehead atoms. The van der Waals surface area contributed by atoms with Gasteiger partial charge < -0.3 is 9.73 Å². The first-order chi connectivity index (χ1) is 10.4. The standard InChI is InChI=1S/C16H18N2OS2/c1-20-10-4-9-17-11-12-7-8-14(19-12)16-18-13-5-2-3-6-15(13)21-16/h2-3,5-8,17H,4,9-11H2,1H3. The van der Waals surface area contributed by atoms with Gasteiger partial charge in [0, 0.05) is 0 Å². The zero-order valence-corrected chi connectivity index (χ0v) is 13.6. The third-order valence-electron chi connectivity index (χ3n) is 3.17. The molecule has 5 heteroatoms. The number of aromatic nitrogens is 1. The minimum absolute atomic E-state index is 0.777. The average molecular weight is 318 g/mol. The maximum Gasteiger partial charge on any atom is 0.163 e. The normalized spacial score (nSPS) is 11.3. The van der Waals surface area contributed by atoms with Crippen molar-refractivity contribution in [3.8, 4) is 10.8 Å². The molecule has 0 unspecified atom stereocenters. The summed E-state index contributed by atoms with van der Waals surface area (Å²) in [5.41, 5.74) is 1.03. The van der Waals surface area contributed by atoms with Crippen LogP contribution in [0.15, 0.2) is 40.8 Å². The van der Waals surface area contributed by atoms with E-state index in [-0.39, 0.29) is 0 Å². The lowest BCUT2D eigenvalue weighted by Crippen LogP contribution is -2.14. The molecule has 2 heterocycles. The molecule has 1 N–H and O–H groups in total. The van der Waals surface area contributed by atoms with Crippen molar-refractivity contribution in [1.29, 1.82) is 0 Å². The predicted molar refractivity (Wildman–Crippen MR) is 92.0 cm³/mol. The third-order valence-corrected chi connectivity index (χ3v) is 4.92. The number of thiazole rings is 1. The van der Waals surface area contributed by atoms with Crippen LogP contribution in [-0.2, 0) is 6.54 Å². The van der Waals surface area contributed by atoms with E-state index >= 15 is 0 Å². The van der Waals surface area contributed by atoms with Crippen LogP contribution in [0.2, 0.25) is 0 Å². The summed E-state index contributed by atoms with van der Waals surface area (Å²) >= 11 is 3.55. The number of thioether (sulfide) groups is 1. The lowest BCUT2D eigenvalue weighted by atomic mass is 10.3. The van der Waals surface area contributed by atoms with Gasteiger partial charge in [-0.1, -0.05) is 12.1 Å². The van der Waals surface area contributed by atoms with Crippen molar-refractivity contribution in [2.24, 2.45) is 0 Å². The Morgan fingerprint density at radius 2 is 2.14 bits per heavy atom. The first-order valence-corrected chi connectivity index (χ1v) is 9.22. The molecule has 3 nitrogen and oxygen atoms in total. The second-order valence-corrected chi connectivity index (χ2v) is 6.79. The quantitative estimate of drug-likeness (QED) is 0.655. The molecular formula is C16H18N2OS2. The second kappa shape index (κ2) is 7.11. The summed E-state index contributed by atoms with van der Waals surface area (Å²) in [6.07, 6.45) is 3.32.